The van der Waals surface area contributed by atoms with Gasteiger partial charge in [0.15, 0.2) is 0 Å². The van der Waals surface area contributed by atoms with Crippen LogP contribution in [0.5, 0.6) is 0 Å². The van der Waals surface area contributed by atoms with Crippen LogP contribution in [0.4, 0.5) is 0 Å². The predicted molar refractivity (Wildman–Crippen MR) is 88.6 cm³/mol. The van der Waals surface area contributed by atoms with Gasteiger partial charge in [0.2, 0.25) is 5.71 Å². The first-order chi connectivity index (χ1) is 11.6. The number of carbonyl (C=O) groups is 1. The Labute approximate surface area is 137 Å². The number of hydrogen-bond acceptors (Lipinski definition) is 5. The van der Waals surface area contributed by atoms with E-state index in [9.17, 15) is 9.59 Å². The molecule has 3 rings (SSSR count). The van der Waals surface area contributed by atoms with E-state index in [1.54, 1.807) is 31.5 Å². The summed E-state index contributed by atoms with van der Waals surface area (Å²) in [6.07, 6.45) is 6.29. The van der Waals surface area contributed by atoms with Crippen molar-refractivity contribution in [3.63, 3.8) is 0 Å². The lowest BCUT2D eigenvalue weighted by Crippen LogP contribution is -2.26. The molecule has 3 heterocycles. The fraction of sp³-hybridized carbons (Fsp3) is 0.176. The van der Waals surface area contributed by atoms with E-state index >= 15 is 0 Å². The molecule has 0 radical (unpaired) electrons. The van der Waals surface area contributed by atoms with Gasteiger partial charge in [-0.2, -0.15) is 0 Å². The summed E-state index contributed by atoms with van der Waals surface area (Å²) in [5, 5.41) is 2.96. The average molecular weight is 324 g/mol. The van der Waals surface area contributed by atoms with Crippen LogP contribution in [0.2, 0.25) is 0 Å². The van der Waals surface area contributed by atoms with Crippen molar-refractivity contribution < 1.29 is 9.21 Å². The molecule has 0 saturated heterocycles. The summed E-state index contributed by atoms with van der Waals surface area (Å²) < 4.78 is 6.84. The first-order valence-electron chi connectivity index (χ1n) is 7.38. The Morgan fingerprint density at radius 3 is 3.04 bits per heavy atom. The van der Waals surface area contributed by atoms with Gasteiger partial charge in [0.05, 0.1) is 5.56 Å². The van der Waals surface area contributed by atoms with Gasteiger partial charge in [-0.25, -0.2) is 4.98 Å². The third-order valence-electron chi connectivity index (χ3n) is 3.58. The number of carbonyl (C=O) groups excluding carboxylic acids is 1. The smallest absolute Gasteiger partial charge is 0.265 e. The molecule has 0 aliphatic heterocycles. The molecular weight excluding hydrogens is 308 g/mol. The number of nitrogens with one attached hydrogen (secondary N) is 1. The Balaban J connectivity index is 1.97. The molecule has 1 N–H and O–H groups in total. The van der Waals surface area contributed by atoms with E-state index in [-0.39, 0.29) is 28.1 Å². The average Bonchev–Trinajstić information content (AvgIpc) is 2.93. The molecule has 7 heteroatoms. The van der Waals surface area contributed by atoms with E-state index in [1.165, 1.54) is 10.9 Å². The Morgan fingerprint density at radius 1 is 1.50 bits per heavy atom. The van der Waals surface area contributed by atoms with Crippen LogP contribution < -0.4 is 10.9 Å². The number of rotatable bonds is 5. The van der Waals surface area contributed by atoms with E-state index in [0.29, 0.717) is 18.8 Å². The summed E-state index contributed by atoms with van der Waals surface area (Å²) in [6, 6.07) is 3.64. The van der Waals surface area contributed by atoms with E-state index in [4.69, 9.17) is 4.42 Å². The summed E-state index contributed by atoms with van der Waals surface area (Å²) in [4.78, 5) is 33.2. The Kier molecular flexibility index (Phi) is 4.24. The number of hydrogen-bond donors (Lipinski definition) is 1. The lowest BCUT2D eigenvalue weighted by Gasteiger charge is -2.05. The van der Waals surface area contributed by atoms with Gasteiger partial charge in [-0.05, 0) is 18.6 Å². The number of allylic oxidation sites excluding steroid dienone is 1. The topological polar surface area (TPSA) is 90.0 Å². The molecule has 0 aromatic carbocycles. The molecule has 7 nitrogen and oxygen atoms in total. The molecule has 0 atom stereocenters. The number of aromatic nitrogens is 3. The number of pyridine rings is 1. The highest BCUT2D eigenvalue weighted by molar-refractivity contribution is 6.06. The highest BCUT2D eigenvalue weighted by atomic mass is 16.3. The molecule has 24 heavy (non-hydrogen) atoms. The summed E-state index contributed by atoms with van der Waals surface area (Å²) in [5.41, 5.74) is 0.899. The maximum absolute atomic E-state index is 12.6. The molecule has 0 aliphatic carbocycles. The van der Waals surface area contributed by atoms with Crippen LogP contribution in [0, 0.1) is 6.92 Å². The fourth-order valence-electron chi connectivity index (χ4n) is 2.45. The van der Waals surface area contributed by atoms with Gasteiger partial charge in [0.25, 0.3) is 11.5 Å². The third kappa shape index (κ3) is 2.83. The van der Waals surface area contributed by atoms with Crippen LogP contribution in [0.25, 0.3) is 11.1 Å². The maximum Gasteiger partial charge on any atom is 0.265 e. The highest BCUT2D eigenvalue weighted by Gasteiger charge is 2.22. The minimum absolute atomic E-state index is 0.157. The van der Waals surface area contributed by atoms with Crippen molar-refractivity contribution in [3.8, 4) is 0 Å². The summed E-state index contributed by atoms with van der Waals surface area (Å²) >= 11 is 0. The molecule has 0 unspecified atom stereocenters. The van der Waals surface area contributed by atoms with Crippen LogP contribution in [0.1, 0.15) is 21.7 Å². The molecule has 1 amide bonds. The lowest BCUT2D eigenvalue weighted by atomic mass is 10.1. The molecule has 122 valence electrons. The monoisotopic (exact) mass is 324 g/mol. The van der Waals surface area contributed by atoms with Crippen LogP contribution in [-0.2, 0) is 13.1 Å². The maximum atomic E-state index is 12.6. The van der Waals surface area contributed by atoms with Crippen LogP contribution >= 0.6 is 0 Å². The first kappa shape index (κ1) is 15.7. The van der Waals surface area contributed by atoms with Crippen molar-refractivity contribution in [1.82, 2.24) is 19.9 Å². The predicted octanol–water partition coefficient (Wildman–Crippen LogP) is 1.81. The van der Waals surface area contributed by atoms with E-state index in [2.05, 4.69) is 21.9 Å². The third-order valence-corrected chi connectivity index (χ3v) is 3.58. The number of nitrogens with zero attached hydrogens (tertiary/aromatic N) is 3. The SMILES string of the molecule is C=CCn1cnc2oc(C)c(C(=O)NCc3cccnc3)c2c1=O. The minimum Gasteiger partial charge on any atom is -0.442 e. The number of amides is 1. The number of fused-ring (bicyclic) bond motifs is 1. The van der Waals surface area contributed by atoms with Crippen LogP contribution in [-0.4, -0.2) is 20.4 Å². The summed E-state index contributed by atoms with van der Waals surface area (Å²) in [5.74, 6) is -0.0278. The van der Waals surface area contributed by atoms with Crippen LogP contribution in [0.15, 0.2) is 52.7 Å². The second-order valence-electron chi connectivity index (χ2n) is 5.25. The Hall–Kier alpha value is -3.22. The molecule has 0 spiro atoms. The van der Waals surface area contributed by atoms with E-state index in [1.807, 2.05) is 6.07 Å². The molecule has 3 aromatic heterocycles. The molecule has 3 aromatic rings. The molecule has 0 aliphatic rings. The summed E-state index contributed by atoms with van der Waals surface area (Å²) in [6.45, 7) is 5.86. The Bertz CT molecular complexity index is 957. The van der Waals surface area contributed by atoms with E-state index < -0.39 is 0 Å². The minimum atomic E-state index is -0.384. The second-order valence-corrected chi connectivity index (χ2v) is 5.25. The summed E-state index contributed by atoms with van der Waals surface area (Å²) in [7, 11) is 0. The van der Waals surface area contributed by atoms with Crippen LogP contribution in [0.3, 0.4) is 0 Å². The lowest BCUT2D eigenvalue weighted by molar-refractivity contribution is 0.0950. The molecule has 0 fully saturated rings. The fourth-order valence-corrected chi connectivity index (χ4v) is 2.45. The van der Waals surface area contributed by atoms with Crippen molar-refractivity contribution in [1.29, 1.82) is 0 Å². The zero-order valence-corrected chi connectivity index (χ0v) is 13.2. The highest BCUT2D eigenvalue weighted by Crippen LogP contribution is 2.20. The van der Waals surface area contributed by atoms with Gasteiger partial charge >= 0.3 is 0 Å². The normalized spacial score (nSPS) is 10.7. The molecule has 0 bridgehead atoms. The molecular formula is C17H16N4O3. The first-order valence-corrected chi connectivity index (χ1v) is 7.38. The van der Waals surface area contributed by atoms with Gasteiger partial charge in [-0.3, -0.25) is 19.1 Å². The van der Waals surface area contributed by atoms with Gasteiger partial charge in [0.1, 0.15) is 17.5 Å². The zero-order chi connectivity index (χ0) is 17.1. The van der Waals surface area contributed by atoms with Crippen molar-refractivity contribution >= 4 is 17.0 Å². The van der Waals surface area contributed by atoms with Gasteiger partial charge in [0, 0.05) is 25.5 Å². The standard InChI is InChI=1S/C17H16N4O3/c1-3-7-21-10-20-16-14(17(21)23)13(11(2)24-16)15(22)19-9-12-5-4-6-18-8-12/h3-6,8,10H,1,7,9H2,2H3,(H,19,22). The largest absolute Gasteiger partial charge is 0.442 e. The van der Waals surface area contributed by atoms with E-state index in [0.717, 1.165) is 5.56 Å². The number of aryl methyl sites for hydroxylation is 1. The van der Waals surface area contributed by atoms with Crippen molar-refractivity contribution in [2.75, 3.05) is 0 Å². The quantitative estimate of drug-likeness (QED) is 0.723. The van der Waals surface area contributed by atoms with Crippen molar-refractivity contribution in [3.05, 3.63) is 70.7 Å². The molecule has 0 saturated carbocycles. The zero-order valence-electron chi connectivity index (χ0n) is 13.2. The van der Waals surface area contributed by atoms with Crippen molar-refractivity contribution in [2.24, 2.45) is 0 Å². The Morgan fingerprint density at radius 2 is 2.33 bits per heavy atom. The van der Waals surface area contributed by atoms with Gasteiger partial charge in [-0.15, -0.1) is 6.58 Å². The number of furan rings is 1. The van der Waals surface area contributed by atoms with Gasteiger partial charge in [-0.1, -0.05) is 12.1 Å². The van der Waals surface area contributed by atoms with Gasteiger partial charge < -0.3 is 9.73 Å². The van der Waals surface area contributed by atoms with Crippen molar-refractivity contribution in [2.45, 2.75) is 20.0 Å². The second kappa shape index (κ2) is 6.49.